The molecule has 3 nitrogen and oxygen atoms in total. The summed E-state index contributed by atoms with van der Waals surface area (Å²) in [6, 6.07) is 12.2. The van der Waals surface area contributed by atoms with E-state index in [0.717, 1.165) is 23.4 Å². The highest BCUT2D eigenvalue weighted by atomic mass is 79.9. The monoisotopic (exact) mass is 397 g/mol. The van der Waals surface area contributed by atoms with Gasteiger partial charge in [0.25, 0.3) is 0 Å². The Balaban J connectivity index is 2.24. The van der Waals surface area contributed by atoms with Crippen molar-refractivity contribution < 1.29 is 13.2 Å². The van der Waals surface area contributed by atoms with Gasteiger partial charge in [-0.1, -0.05) is 12.1 Å². The number of anilines is 2. The predicted octanol–water partition coefficient (Wildman–Crippen LogP) is 5.06. The number of nitrogens with two attached hydrogens (primary N) is 1. The molecule has 0 atom stereocenters. The molecule has 2 aromatic carbocycles. The van der Waals surface area contributed by atoms with Crippen molar-refractivity contribution in [3.8, 4) is 0 Å². The smallest absolute Gasteiger partial charge is 0.404 e. The number of allylic oxidation sites excluding steroid dienone is 1. The van der Waals surface area contributed by atoms with Crippen molar-refractivity contribution in [3.63, 3.8) is 0 Å². The Morgan fingerprint density at radius 1 is 1.12 bits per heavy atom. The number of hydrogen-bond acceptors (Lipinski definition) is 3. The molecule has 0 saturated heterocycles. The summed E-state index contributed by atoms with van der Waals surface area (Å²) in [5, 5.41) is 3.07. The molecule has 0 aliphatic rings. The lowest BCUT2D eigenvalue weighted by Crippen LogP contribution is -2.05. The maximum atomic E-state index is 12.6. The lowest BCUT2D eigenvalue weighted by Gasteiger charge is -2.11. The fourth-order valence-corrected chi connectivity index (χ4v) is 2.51. The van der Waals surface area contributed by atoms with Crippen molar-refractivity contribution in [2.45, 2.75) is 6.18 Å². The van der Waals surface area contributed by atoms with Gasteiger partial charge in [-0.25, -0.2) is 0 Å². The van der Waals surface area contributed by atoms with Crippen LogP contribution < -0.4 is 11.1 Å². The first-order valence-electron chi connectivity index (χ1n) is 6.94. The van der Waals surface area contributed by atoms with Crippen molar-refractivity contribution in [1.82, 2.24) is 0 Å². The van der Waals surface area contributed by atoms with Gasteiger partial charge in [-0.2, -0.15) is 13.2 Å². The first kappa shape index (κ1) is 18.1. The van der Waals surface area contributed by atoms with E-state index in [2.05, 4.69) is 26.2 Å². The topological polar surface area (TPSA) is 50.4 Å². The highest BCUT2D eigenvalue weighted by Crippen LogP contribution is 2.30. The Morgan fingerprint density at radius 2 is 1.79 bits per heavy atom. The molecule has 2 aromatic rings. The lowest BCUT2D eigenvalue weighted by molar-refractivity contribution is -0.137. The van der Waals surface area contributed by atoms with E-state index in [-0.39, 0.29) is 0 Å². The van der Waals surface area contributed by atoms with Crippen LogP contribution in [0, 0.1) is 0 Å². The van der Waals surface area contributed by atoms with Gasteiger partial charge in [0, 0.05) is 30.2 Å². The molecule has 0 unspecified atom stereocenters. The number of nitrogens with zero attached hydrogens (tertiary/aromatic N) is 1. The maximum Gasteiger partial charge on any atom is 0.416 e. The summed E-state index contributed by atoms with van der Waals surface area (Å²) in [4.78, 5) is 4.18. The second kappa shape index (κ2) is 7.53. The van der Waals surface area contributed by atoms with E-state index in [0.29, 0.717) is 15.9 Å². The average Bonchev–Trinajstić information content (AvgIpc) is 2.55. The molecule has 0 heterocycles. The molecular weight excluding hydrogens is 383 g/mol. The highest BCUT2D eigenvalue weighted by molar-refractivity contribution is 9.12. The second-order valence-electron chi connectivity index (χ2n) is 4.87. The van der Waals surface area contributed by atoms with Gasteiger partial charge in [0.1, 0.15) is 0 Å². The van der Waals surface area contributed by atoms with Crippen molar-refractivity contribution in [2.24, 2.45) is 10.7 Å². The van der Waals surface area contributed by atoms with Crippen molar-refractivity contribution in [2.75, 3.05) is 12.4 Å². The molecule has 0 spiro atoms. The summed E-state index contributed by atoms with van der Waals surface area (Å²) in [5.74, 6) is 0. The Labute approximate surface area is 146 Å². The summed E-state index contributed by atoms with van der Waals surface area (Å²) in [7, 11) is 1.65. The van der Waals surface area contributed by atoms with Crippen LogP contribution in [0.5, 0.6) is 0 Å². The zero-order chi connectivity index (χ0) is 17.7. The van der Waals surface area contributed by atoms with Crippen LogP contribution in [-0.2, 0) is 6.18 Å². The molecular formula is C17H15BrF3N3. The summed E-state index contributed by atoms with van der Waals surface area (Å²) < 4.78 is 38.4. The second-order valence-corrected chi connectivity index (χ2v) is 5.72. The molecule has 3 N–H and O–H groups in total. The fourth-order valence-electron chi connectivity index (χ4n) is 2.11. The molecule has 2 rings (SSSR count). The summed E-state index contributed by atoms with van der Waals surface area (Å²) >= 11 is 3.34. The van der Waals surface area contributed by atoms with Gasteiger partial charge in [-0.05, 0) is 52.3 Å². The normalized spacial score (nSPS) is 13.0. The molecule has 0 fully saturated rings. The number of alkyl halides is 3. The van der Waals surface area contributed by atoms with Gasteiger partial charge in [-0.3, -0.25) is 4.99 Å². The zero-order valence-corrected chi connectivity index (χ0v) is 14.3. The minimum atomic E-state index is -4.34. The van der Waals surface area contributed by atoms with E-state index in [9.17, 15) is 13.2 Å². The van der Waals surface area contributed by atoms with Crippen molar-refractivity contribution in [1.29, 1.82) is 0 Å². The Morgan fingerprint density at radius 3 is 2.33 bits per heavy atom. The number of rotatable bonds is 4. The Bertz CT molecular complexity index is 765. The minimum absolute atomic E-state index is 0.559. The van der Waals surface area contributed by atoms with Gasteiger partial charge in [0.2, 0.25) is 0 Å². The number of hydrogen-bond donors (Lipinski definition) is 2. The minimum Gasteiger partial charge on any atom is -0.404 e. The molecule has 0 radical (unpaired) electrons. The molecule has 0 aromatic heterocycles. The molecule has 0 amide bonds. The van der Waals surface area contributed by atoms with Crippen LogP contribution in [0.1, 0.15) is 11.1 Å². The molecule has 0 aliphatic heterocycles. The van der Waals surface area contributed by atoms with Crippen LogP contribution in [0.15, 0.2) is 64.2 Å². The zero-order valence-electron chi connectivity index (χ0n) is 12.7. The van der Waals surface area contributed by atoms with Crippen LogP contribution in [-0.4, -0.2) is 12.8 Å². The van der Waals surface area contributed by atoms with Gasteiger partial charge in [0.05, 0.1) is 15.8 Å². The van der Waals surface area contributed by atoms with Crippen LogP contribution >= 0.6 is 15.9 Å². The van der Waals surface area contributed by atoms with E-state index in [1.54, 1.807) is 7.05 Å². The molecule has 7 heteroatoms. The highest BCUT2D eigenvalue weighted by Gasteiger charge is 2.29. The number of benzene rings is 2. The van der Waals surface area contributed by atoms with Gasteiger partial charge >= 0.3 is 6.18 Å². The van der Waals surface area contributed by atoms with Crippen LogP contribution in [0.3, 0.4) is 0 Å². The number of aliphatic imine (C=N–C) groups is 1. The van der Waals surface area contributed by atoms with Crippen LogP contribution in [0.2, 0.25) is 0 Å². The van der Waals surface area contributed by atoms with E-state index in [1.807, 2.05) is 24.3 Å². The van der Waals surface area contributed by atoms with E-state index >= 15 is 0 Å². The number of nitrogens with one attached hydrogen (secondary N) is 1. The third-order valence-corrected chi connectivity index (χ3v) is 3.87. The quantitative estimate of drug-likeness (QED) is 0.708. The fraction of sp³-hybridized carbons (Fsp3) is 0.118. The van der Waals surface area contributed by atoms with Crippen molar-refractivity contribution >= 4 is 33.0 Å². The standard InChI is InChI=1S/C17H15BrF3N3/c1-23-16(15(18)10-22)11-3-2-4-14(9-11)24-13-7-5-12(6-8-13)17(19,20)21/h2-10,24H,22H2,1H3. The third-order valence-electron chi connectivity index (χ3n) is 3.23. The average molecular weight is 398 g/mol. The SMILES string of the molecule is CN=C(C(Br)=CN)c1cccc(Nc2ccc(C(F)(F)F)cc2)c1. The molecule has 0 aliphatic carbocycles. The van der Waals surface area contributed by atoms with Gasteiger partial charge < -0.3 is 11.1 Å². The van der Waals surface area contributed by atoms with Gasteiger partial charge in [-0.15, -0.1) is 0 Å². The molecule has 126 valence electrons. The summed E-state index contributed by atoms with van der Waals surface area (Å²) in [5.41, 5.74) is 7.60. The van der Waals surface area contributed by atoms with Crippen LogP contribution in [0.25, 0.3) is 0 Å². The summed E-state index contributed by atoms with van der Waals surface area (Å²) in [6.07, 6.45) is -2.94. The largest absolute Gasteiger partial charge is 0.416 e. The Kier molecular flexibility index (Phi) is 5.66. The lowest BCUT2D eigenvalue weighted by atomic mass is 10.1. The van der Waals surface area contributed by atoms with E-state index < -0.39 is 11.7 Å². The Hall–Kier alpha value is -2.28. The van der Waals surface area contributed by atoms with Crippen LogP contribution in [0.4, 0.5) is 24.5 Å². The molecule has 0 bridgehead atoms. The molecule has 0 saturated carbocycles. The third kappa shape index (κ3) is 4.38. The summed E-state index contributed by atoms with van der Waals surface area (Å²) in [6.45, 7) is 0. The molecule has 24 heavy (non-hydrogen) atoms. The first-order valence-corrected chi connectivity index (χ1v) is 7.73. The number of halogens is 4. The first-order chi connectivity index (χ1) is 11.3. The van der Waals surface area contributed by atoms with Crippen molar-refractivity contribution in [3.05, 3.63) is 70.3 Å². The maximum absolute atomic E-state index is 12.6. The predicted molar refractivity (Wildman–Crippen MR) is 94.8 cm³/mol. The van der Waals surface area contributed by atoms with E-state index in [1.165, 1.54) is 18.3 Å². The van der Waals surface area contributed by atoms with Gasteiger partial charge in [0.15, 0.2) is 0 Å². The van der Waals surface area contributed by atoms with E-state index in [4.69, 9.17) is 5.73 Å².